The van der Waals surface area contributed by atoms with E-state index in [9.17, 15) is 4.79 Å². The number of carbonyl (C=O) groups excluding carboxylic acids is 1. The Bertz CT molecular complexity index is 757. The number of nitrogens with one attached hydrogen (secondary N) is 1. The summed E-state index contributed by atoms with van der Waals surface area (Å²) in [5.41, 5.74) is 3.38. The minimum Gasteiger partial charge on any atom is -0.351 e. The fourth-order valence-corrected chi connectivity index (χ4v) is 4.87. The SMILES string of the molecule is O=C(NCc1ccc(CN2CCCCC2)cc1)C1(c2ccccc2)CCCC1. The standard InChI is InChI=1S/C25H32N2O/c28-24(25(15-5-6-16-25)23-9-3-1-4-10-23)26-19-21-11-13-22(14-12-21)20-27-17-7-2-8-18-27/h1,3-4,9-14H,2,5-8,15-20H2,(H,26,28). The molecule has 1 saturated heterocycles. The van der Waals surface area contributed by atoms with Gasteiger partial charge in [0.15, 0.2) is 0 Å². The number of hydrogen-bond donors (Lipinski definition) is 1. The highest BCUT2D eigenvalue weighted by Gasteiger charge is 2.42. The summed E-state index contributed by atoms with van der Waals surface area (Å²) in [7, 11) is 0. The van der Waals surface area contributed by atoms with E-state index < -0.39 is 0 Å². The van der Waals surface area contributed by atoms with Crippen molar-refractivity contribution < 1.29 is 4.79 Å². The van der Waals surface area contributed by atoms with Crippen LogP contribution in [-0.2, 0) is 23.3 Å². The van der Waals surface area contributed by atoms with Crippen LogP contribution in [0.4, 0.5) is 0 Å². The molecule has 0 unspecified atom stereocenters. The summed E-state index contributed by atoms with van der Waals surface area (Å²) >= 11 is 0. The summed E-state index contributed by atoms with van der Waals surface area (Å²) in [5, 5.41) is 3.23. The number of piperidine rings is 1. The first-order chi connectivity index (χ1) is 13.8. The Morgan fingerprint density at radius 1 is 0.821 bits per heavy atom. The highest BCUT2D eigenvalue weighted by molar-refractivity contribution is 5.88. The topological polar surface area (TPSA) is 32.3 Å². The third-order valence-electron chi connectivity index (χ3n) is 6.55. The normalized spacial score (nSPS) is 19.4. The van der Waals surface area contributed by atoms with Crippen LogP contribution in [0, 0.1) is 0 Å². The molecule has 28 heavy (non-hydrogen) atoms. The molecule has 0 atom stereocenters. The highest BCUT2D eigenvalue weighted by Crippen LogP contribution is 2.41. The summed E-state index contributed by atoms with van der Waals surface area (Å²) < 4.78 is 0. The van der Waals surface area contributed by atoms with Crippen molar-refractivity contribution in [2.75, 3.05) is 13.1 Å². The maximum atomic E-state index is 13.2. The van der Waals surface area contributed by atoms with Crippen molar-refractivity contribution in [2.45, 2.75) is 63.5 Å². The summed E-state index contributed by atoms with van der Waals surface area (Å²) in [6.45, 7) is 4.10. The molecule has 2 aromatic carbocycles. The summed E-state index contributed by atoms with van der Waals surface area (Å²) in [6, 6.07) is 19.1. The second-order valence-electron chi connectivity index (χ2n) is 8.49. The molecule has 2 aliphatic rings. The van der Waals surface area contributed by atoms with Crippen LogP contribution in [0.3, 0.4) is 0 Å². The molecule has 1 saturated carbocycles. The quantitative estimate of drug-likeness (QED) is 0.785. The molecule has 1 N–H and O–H groups in total. The van der Waals surface area contributed by atoms with Gasteiger partial charge in [-0.2, -0.15) is 0 Å². The lowest BCUT2D eigenvalue weighted by Crippen LogP contribution is -2.42. The Morgan fingerprint density at radius 3 is 2.14 bits per heavy atom. The van der Waals surface area contributed by atoms with E-state index in [2.05, 4.69) is 46.6 Å². The maximum Gasteiger partial charge on any atom is 0.230 e. The van der Waals surface area contributed by atoms with Crippen LogP contribution in [0.1, 0.15) is 61.6 Å². The number of benzene rings is 2. The molecule has 3 nitrogen and oxygen atoms in total. The second kappa shape index (κ2) is 8.91. The molecule has 2 aromatic rings. The second-order valence-corrected chi connectivity index (χ2v) is 8.49. The first-order valence-electron chi connectivity index (χ1n) is 10.9. The summed E-state index contributed by atoms with van der Waals surface area (Å²) in [4.78, 5) is 15.7. The van der Waals surface area contributed by atoms with Crippen LogP contribution in [0.15, 0.2) is 54.6 Å². The molecule has 4 rings (SSSR count). The molecule has 0 spiro atoms. The number of rotatable bonds is 6. The molecule has 1 aliphatic heterocycles. The zero-order chi connectivity index (χ0) is 19.2. The Morgan fingerprint density at radius 2 is 1.46 bits per heavy atom. The molecule has 3 heteroatoms. The van der Waals surface area contributed by atoms with Crippen molar-refractivity contribution in [1.29, 1.82) is 0 Å². The van der Waals surface area contributed by atoms with Gasteiger partial charge in [0.05, 0.1) is 5.41 Å². The van der Waals surface area contributed by atoms with Gasteiger partial charge >= 0.3 is 0 Å². The molecule has 1 amide bonds. The zero-order valence-electron chi connectivity index (χ0n) is 16.8. The van der Waals surface area contributed by atoms with Gasteiger partial charge < -0.3 is 5.32 Å². The Kier molecular flexibility index (Phi) is 6.11. The molecule has 1 heterocycles. The predicted octanol–water partition coefficient (Wildman–Crippen LogP) is 4.80. The number of amides is 1. The van der Waals surface area contributed by atoms with E-state index in [1.165, 1.54) is 49.0 Å². The molecule has 1 aliphatic carbocycles. The van der Waals surface area contributed by atoms with E-state index in [-0.39, 0.29) is 11.3 Å². The maximum absolute atomic E-state index is 13.2. The van der Waals surface area contributed by atoms with Crippen LogP contribution in [-0.4, -0.2) is 23.9 Å². The molecule has 2 fully saturated rings. The first kappa shape index (κ1) is 19.2. The number of hydrogen-bond acceptors (Lipinski definition) is 2. The molecule has 0 bridgehead atoms. The van der Waals surface area contributed by atoms with Gasteiger partial charge in [-0.05, 0) is 55.5 Å². The van der Waals surface area contributed by atoms with Gasteiger partial charge in [0.1, 0.15) is 0 Å². The average molecular weight is 377 g/mol. The number of likely N-dealkylation sites (tertiary alicyclic amines) is 1. The van der Waals surface area contributed by atoms with Crippen molar-refractivity contribution in [3.63, 3.8) is 0 Å². The first-order valence-corrected chi connectivity index (χ1v) is 10.9. The van der Waals surface area contributed by atoms with Crippen LogP contribution >= 0.6 is 0 Å². The van der Waals surface area contributed by atoms with Crippen molar-refractivity contribution in [3.8, 4) is 0 Å². The largest absolute Gasteiger partial charge is 0.351 e. The van der Waals surface area contributed by atoms with Crippen molar-refractivity contribution in [1.82, 2.24) is 10.2 Å². The third kappa shape index (κ3) is 4.30. The van der Waals surface area contributed by atoms with Gasteiger partial charge in [-0.1, -0.05) is 73.9 Å². The Labute approximate surface area is 169 Å². The van der Waals surface area contributed by atoms with Crippen LogP contribution < -0.4 is 5.32 Å². The number of carbonyl (C=O) groups is 1. The summed E-state index contributed by atoms with van der Waals surface area (Å²) in [5.74, 6) is 0.189. The van der Waals surface area contributed by atoms with Gasteiger partial charge in [-0.25, -0.2) is 0 Å². The van der Waals surface area contributed by atoms with Gasteiger partial charge in [0, 0.05) is 13.1 Å². The lowest BCUT2D eigenvalue weighted by Gasteiger charge is -2.28. The fourth-order valence-electron chi connectivity index (χ4n) is 4.87. The minimum absolute atomic E-state index is 0.189. The van der Waals surface area contributed by atoms with E-state index in [4.69, 9.17) is 0 Å². The average Bonchev–Trinajstić information content (AvgIpc) is 3.26. The molecule has 0 radical (unpaired) electrons. The Balaban J connectivity index is 1.36. The van der Waals surface area contributed by atoms with Gasteiger partial charge in [0.25, 0.3) is 0 Å². The van der Waals surface area contributed by atoms with Crippen molar-refractivity contribution in [2.24, 2.45) is 0 Å². The smallest absolute Gasteiger partial charge is 0.230 e. The van der Waals surface area contributed by atoms with Crippen LogP contribution in [0.5, 0.6) is 0 Å². The summed E-state index contributed by atoms with van der Waals surface area (Å²) in [6.07, 6.45) is 8.20. The lowest BCUT2D eigenvalue weighted by molar-refractivity contribution is -0.126. The van der Waals surface area contributed by atoms with Gasteiger partial charge in [0.2, 0.25) is 5.91 Å². The van der Waals surface area contributed by atoms with E-state index in [0.29, 0.717) is 6.54 Å². The third-order valence-corrected chi connectivity index (χ3v) is 6.55. The van der Waals surface area contributed by atoms with Crippen LogP contribution in [0.2, 0.25) is 0 Å². The lowest BCUT2D eigenvalue weighted by atomic mass is 9.78. The zero-order valence-corrected chi connectivity index (χ0v) is 16.8. The highest BCUT2D eigenvalue weighted by atomic mass is 16.2. The molecular formula is C25H32N2O. The molecule has 148 valence electrons. The predicted molar refractivity (Wildman–Crippen MR) is 114 cm³/mol. The van der Waals surface area contributed by atoms with E-state index in [1.54, 1.807) is 0 Å². The minimum atomic E-state index is -0.338. The van der Waals surface area contributed by atoms with Gasteiger partial charge in [-0.15, -0.1) is 0 Å². The van der Waals surface area contributed by atoms with Crippen molar-refractivity contribution >= 4 is 5.91 Å². The molecular weight excluding hydrogens is 344 g/mol. The number of nitrogens with zero attached hydrogens (tertiary/aromatic N) is 1. The van der Waals surface area contributed by atoms with Gasteiger partial charge in [-0.3, -0.25) is 9.69 Å². The van der Waals surface area contributed by atoms with Crippen LogP contribution in [0.25, 0.3) is 0 Å². The fraction of sp³-hybridized carbons (Fsp3) is 0.480. The van der Waals surface area contributed by atoms with Crippen molar-refractivity contribution in [3.05, 3.63) is 71.3 Å². The van der Waals surface area contributed by atoms with E-state index in [1.807, 2.05) is 18.2 Å². The Hall–Kier alpha value is -2.13. The molecule has 0 aromatic heterocycles. The monoisotopic (exact) mass is 376 g/mol. The van der Waals surface area contributed by atoms with E-state index in [0.717, 1.165) is 32.2 Å². The van der Waals surface area contributed by atoms with E-state index >= 15 is 0 Å².